The summed E-state index contributed by atoms with van der Waals surface area (Å²) in [5, 5.41) is 12.6. The largest absolute Gasteiger partial charge is 0.352 e. The van der Waals surface area contributed by atoms with Crippen LogP contribution >= 0.6 is 23.2 Å². The van der Waals surface area contributed by atoms with Gasteiger partial charge >= 0.3 is 6.03 Å². The minimum Gasteiger partial charge on any atom is -0.352 e. The number of halogens is 2. The zero-order valence-electron chi connectivity index (χ0n) is 17.4. The number of urea groups is 1. The van der Waals surface area contributed by atoms with E-state index in [0.29, 0.717) is 41.9 Å². The molecule has 1 fully saturated rings. The Morgan fingerprint density at radius 2 is 1.68 bits per heavy atom. The van der Waals surface area contributed by atoms with E-state index < -0.39 is 0 Å². The van der Waals surface area contributed by atoms with Crippen LogP contribution < -0.4 is 10.2 Å². The second kappa shape index (κ2) is 9.12. The zero-order chi connectivity index (χ0) is 22.0. The molecule has 2 aromatic carbocycles. The third-order valence-electron chi connectivity index (χ3n) is 5.51. The van der Waals surface area contributed by atoms with Crippen molar-refractivity contribution < 1.29 is 4.79 Å². The van der Waals surface area contributed by atoms with E-state index in [-0.39, 0.29) is 6.03 Å². The molecular weight excluding hydrogens is 433 g/mol. The summed E-state index contributed by atoms with van der Waals surface area (Å²) in [6.45, 7) is 6.69. The van der Waals surface area contributed by atoms with Gasteiger partial charge in [0.2, 0.25) is 0 Å². The van der Waals surface area contributed by atoms with Gasteiger partial charge in [0.25, 0.3) is 0 Å². The highest BCUT2D eigenvalue weighted by Gasteiger charge is 2.23. The Hall–Kier alpha value is -2.83. The van der Waals surface area contributed by atoms with Crippen molar-refractivity contribution in [3.05, 3.63) is 69.7 Å². The molecule has 160 valence electrons. The first-order chi connectivity index (χ1) is 14.9. The highest BCUT2D eigenvalue weighted by molar-refractivity contribution is 6.35. The number of amides is 2. The van der Waals surface area contributed by atoms with E-state index >= 15 is 0 Å². The maximum absolute atomic E-state index is 12.6. The summed E-state index contributed by atoms with van der Waals surface area (Å²) in [7, 11) is 0. The fourth-order valence-electron chi connectivity index (χ4n) is 3.47. The summed E-state index contributed by atoms with van der Waals surface area (Å²) in [4.78, 5) is 16.5. The van der Waals surface area contributed by atoms with Crippen molar-refractivity contribution in [3.63, 3.8) is 0 Å². The molecule has 1 N–H and O–H groups in total. The van der Waals surface area contributed by atoms with Gasteiger partial charge in [-0.1, -0.05) is 35.3 Å². The van der Waals surface area contributed by atoms with Crippen molar-refractivity contribution >= 4 is 40.7 Å². The molecular formula is C23H23Cl2N5O. The number of piperazine rings is 1. The Morgan fingerprint density at radius 1 is 0.903 bits per heavy atom. The van der Waals surface area contributed by atoms with Crippen LogP contribution in [0.4, 0.5) is 16.3 Å². The molecule has 0 unspecified atom stereocenters. The van der Waals surface area contributed by atoms with Gasteiger partial charge in [-0.05, 0) is 61.4 Å². The topological polar surface area (TPSA) is 61.4 Å². The lowest BCUT2D eigenvalue weighted by atomic mass is 10.0. The van der Waals surface area contributed by atoms with Crippen molar-refractivity contribution in [1.82, 2.24) is 15.1 Å². The third kappa shape index (κ3) is 4.92. The van der Waals surface area contributed by atoms with Crippen LogP contribution in [0.15, 0.2) is 48.5 Å². The molecule has 2 amide bonds. The number of nitrogens with zero attached hydrogens (tertiary/aromatic N) is 4. The van der Waals surface area contributed by atoms with E-state index in [4.69, 9.17) is 23.2 Å². The Labute approximate surface area is 191 Å². The number of rotatable bonds is 3. The van der Waals surface area contributed by atoms with Crippen molar-refractivity contribution in [3.8, 4) is 11.3 Å². The molecule has 0 radical (unpaired) electrons. The van der Waals surface area contributed by atoms with E-state index in [2.05, 4.69) is 52.5 Å². The lowest BCUT2D eigenvalue weighted by Gasteiger charge is -2.35. The molecule has 31 heavy (non-hydrogen) atoms. The van der Waals surface area contributed by atoms with Crippen molar-refractivity contribution in [2.24, 2.45) is 0 Å². The number of aromatic nitrogens is 2. The van der Waals surface area contributed by atoms with Gasteiger partial charge in [-0.2, -0.15) is 0 Å². The maximum atomic E-state index is 12.6. The van der Waals surface area contributed by atoms with E-state index in [1.54, 1.807) is 23.1 Å². The summed E-state index contributed by atoms with van der Waals surface area (Å²) < 4.78 is 0. The van der Waals surface area contributed by atoms with Crippen LogP contribution in [0.3, 0.4) is 0 Å². The van der Waals surface area contributed by atoms with Crippen LogP contribution in [0.25, 0.3) is 11.3 Å². The second-order valence-corrected chi connectivity index (χ2v) is 8.45. The highest BCUT2D eigenvalue weighted by Crippen LogP contribution is 2.26. The monoisotopic (exact) mass is 455 g/mol. The Bertz CT molecular complexity index is 1100. The van der Waals surface area contributed by atoms with Gasteiger partial charge in [-0.15, -0.1) is 10.2 Å². The number of hydrogen-bond acceptors (Lipinski definition) is 4. The molecule has 2 heterocycles. The minimum atomic E-state index is -0.194. The second-order valence-electron chi connectivity index (χ2n) is 7.60. The van der Waals surface area contributed by atoms with Crippen LogP contribution in [0.5, 0.6) is 0 Å². The van der Waals surface area contributed by atoms with Crippen LogP contribution in [-0.2, 0) is 0 Å². The van der Waals surface area contributed by atoms with Gasteiger partial charge in [0, 0.05) is 36.8 Å². The molecule has 0 spiro atoms. The van der Waals surface area contributed by atoms with Crippen LogP contribution in [0.1, 0.15) is 11.1 Å². The summed E-state index contributed by atoms with van der Waals surface area (Å²) in [6.07, 6.45) is 0. The SMILES string of the molecule is Cc1ccc(-c2ccc(N3CCN(C(=O)Nc4cc(Cl)ccc4Cl)CC3)nn2)cc1C. The lowest BCUT2D eigenvalue weighted by molar-refractivity contribution is 0.208. The molecule has 4 rings (SSSR count). The fourth-order valence-corrected chi connectivity index (χ4v) is 3.81. The summed E-state index contributed by atoms with van der Waals surface area (Å²) in [5.74, 6) is 0.811. The van der Waals surface area contributed by atoms with Gasteiger partial charge in [0.05, 0.1) is 16.4 Å². The molecule has 0 bridgehead atoms. The van der Waals surface area contributed by atoms with Crippen molar-refractivity contribution in [2.45, 2.75) is 13.8 Å². The first kappa shape index (κ1) is 21.4. The number of aryl methyl sites for hydroxylation is 2. The van der Waals surface area contributed by atoms with Gasteiger partial charge in [0.1, 0.15) is 0 Å². The van der Waals surface area contributed by atoms with Gasteiger partial charge in [-0.25, -0.2) is 4.79 Å². The molecule has 0 aliphatic carbocycles. The first-order valence-electron chi connectivity index (χ1n) is 10.1. The van der Waals surface area contributed by atoms with Crippen LogP contribution in [-0.4, -0.2) is 47.3 Å². The zero-order valence-corrected chi connectivity index (χ0v) is 18.9. The molecule has 0 atom stereocenters. The molecule has 6 nitrogen and oxygen atoms in total. The fraction of sp³-hybridized carbons (Fsp3) is 0.261. The van der Waals surface area contributed by atoms with E-state index in [1.165, 1.54) is 11.1 Å². The van der Waals surface area contributed by atoms with Crippen molar-refractivity contribution in [2.75, 3.05) is 36.4 Å². The third-order valence-corrected chi connectivity index (χ3v) is 6.08. The minimum absolute atomic E-state index is 0.194. The predicted octanol–water partition coefficient (Wildman–Crippen LogP) is 5.42. The standard InChI is InChI=1S/C23H23Cl2N5O/c1-15-3-4-17(13-16(15)2)20-7-8-22(28-27-20)29-9-11-30(12-10-29)23(31)26-21-14-18(24)5-6-19(21)25/h3-8,13-14H,9-12H2,1-2H3,(H,26,31). The number of anilines is 2. The molecule has 0 saturated carbocycles. The van der Waals surface area contributed by atoms with Crippen LogP contribution in [0, 0.1) is 13.8 Å². The van der Waals surface area contributed by atoms with E-state index in [9.17, 15) is 4.79 Å². The quantitative estimate of drug-likeness (QED) is 0.572. The van der Waals surface area contributed by atoms with E-state index in [1.807, 2.05) is 12.1 Å². The molecule has 8 heteroatoms. The van der Waals surface area contributed by atoms with Gasteiger partial charge in [0.15, 0.2) is 5.82 Å². The number of carbonyl (C=O) groups is 1. The Balaban J connectivity index is 1.36. The molecule has 1 aliphatic heterocycles. The normalized spacial score (nSPS) is 13.9. The predicted molar refractivity (Wildman–Crippen MR) is 126 cm³/mol. The molecule has 3 aromatic rings. The number of benzene rings is 2. The highest BCUT2D eigenvalue weighted by atomic mass is 35.5. The average Bonchev–Trinajstić information content (AvgIpc) is 2.78. The summed E-state index contributed by atoms with van der Waals surface area (Å²) in [5.41, 5.74) is 4.91. The Kier molecular flexibility index (Phi) is 6.30. The maximum Gasteiger partial charge on any atom is 0.322 e. The number of carbonyl (C=O) groups excluding carboxylic acids is 1. The molecule has 1 aliphatic rings. The smallest absolute Gasteiger partial charge is 0.322 e. The van der Waals surface area contributed by atoms with Crippen molar-refractivity contribution in [1.29, 1.82) is 0 Å². The average molecular weight is 456 g/mol. The number of hydrogen-bond donors (Lipinski definition) is 1. The summed E-state index contributed by atoms with van der Waals surface area (Å²) in [6, 6.07) is 15.1. The first-order valence-corrected chi connectivity index (χ1v) is 10.8. The van der Waals surface area contributed by atoms with E-state index in [0.717, 1.165) is 17.1 Å². The molecule has 1 aromatic heterocycles. The Morgan fingerprint density at radius 3 is 2.35 bits per heavy atom. The lowest BCUT2D eigenvalue weighted by Crippen LogP contribution is -2.50. The summed E-state index contributed by atoms with van der Waals surface area (Å²) >= 11 is 12.1. The molecule has 1 saturated heterocycles. The van der Waals surface area contributed by atoms with Gasteiger partial charge < -0.3 is 15.1 Å². The van der Waals surface area contributed by atoms with Gasteiger partial charge in [-0.3, -0.25) is 0 Å². The number of nitrogens with one attached hydrogen (secondary N) is 1. The van der Waals surface area contributed by atoms with Crippen LogP contribution in [0.2, 0.25) is 10.0 Å².